The van der Waals surface area contributed by atoms with Crippen molar-refractivity contribution in [2.24, 2.45) is 0 Å². The topological polar surface area (TPSA) is 123 Å². The van der Waals surface area contributed by atoms with Gasteiger partial charge in [0.15, 0.2) is 10.8 Å². The number of thiazole rings is 1. The van der Waals surface area contributed by atoms with Gasteiger partial charge in [-0.2, -0.15) is 5.10 Å². The van der Waals surface area contributed by atoms with Crippen molar-refractivity contribution in [3.63, 3.8) is 0 Å². The number of benzene rings is 3. The van der Waals surface area contributed by atoms with Gasteiger partial charge < -0.3 is 19.5 Å². The number of phenols is 1. The molecule has 1 amide bonds. The van der Waals surface area contributed by atoms with Crippen LogP contribution in [0.4, 0.5) is 10.9 Å². The number of nitrogens with zero attached hydrogens (tertiary/aromatic N) is 6. The number of esters is 1. The minimum absolute atomic E-state index is 0.0991. The number of phenolic OH excluding ortho intramolecular Hbond substituents is 1. The number of anilines is 2. The second-order valence-corrected chi connectivity index (χ2v) is 22.9. The van der Waals surface area contributed by atoms with Gasteiger partial charge in [0.05, 0.1) is 23.0 Å². The molecule has 0 aliphatic carbocycles. The van der Waals surface area contributed by atoms with Crippen molar-refractivity contribution in [1.82, 2.24) is 19.7 Å². The molecule has 13 heteroatoms. The lowest BCUT2D eigenvalue weighted by Crippen LogP contribution is -2.37. The molecule has 1 aliphatic heterocycles. The van der Waals surface area contributed by atoms with Gasteiger partial charge in [-0.05, 0) is 80.8 Å². The Hall–Kier alpha value is -5.37. The van der Waals surface area contributed by atoms with Crippen molar-refractivity contribution in [2.45, 2.75) is 71.6 Å². The van der Waals surface area contributed by atoms with E-state index in [0.29, 0.717) is 60.3 Å². The highest BCUT2D eigenvalue weighted by atomic mass is 32.1. The number of ether oxygens (including phenoxy) is 2. The number of aromatic hydroxyl groups is 1. The molecule has 0 unspecified atom stereocenters. The molecule has 4 heterocycles. The molecule has 0 bridgehead atoms. The third-order valence-corrected chi connectivity index (χ3v) is 12.3. The fraction of sp³-hybridized carbons (Fsp3) is 0.326. The lowest BCUT2D eigenvalue weighted by atomic mass is 9.94. The Morgan fingerprint density at radius 3 is 2.52 bits per heavy atom. The first-order chi connectivity index (χ1) is 26.7. The summed E-state index contributed by atoms with van der Waals surface area (Å²) in [4.78, 5) is 42.0. The standard InChI is InChI=1S/C43H48N6O5SSi/c1-43(2,3)54-41(52)39-32(31-24-44-48(26-31)25-30-12-7-9-16-36(30)50)18-19-38(46-39)47-21-20-29-13-11-14-33(34(29)27-47)40(51)49(28-53-22-23-56(4,5)6)42-45-35-15-8-10-17-37(35)55-42/h7-19,24,26,50H,20-23,25,27-28H2,1-6H3. The summed E-state index contributed by atoms with van der Waals surface area (Å²) >= 11 is 1.48. The molecular formula is C43H48N6O5SSi. The predicted molar refractivity (Wildman–Crippen MR) is 224 cm³/mol. The molecular weight excluding hydrogens is 741 g/mol. The molecule has 56 heavy (non-hydrogen) atoms. The third-order valence-electron chi connectivity index (χ3n) is 9.54. The molecule has 3 aromatic carbocycles. The average Bonchev–Trinajstić information content (AvgIpc) is 3.81. The summed E-state index contributed by atoms with van der Waals surface area (Å²) in [6, 6.07) is 25.7. The molecule has 6 aromatic rings. The highest BCUT2D eigenvalue weighted by Crippen LogP contribution is 2.34. The number of aromatic nitrogens is 4. The van der Waals surface area contributed by atoms with E-state index < -0.39 is 19.6 Å². The minimum atomic E-state index is -1.34. The average molecular weight is 789 g/mol. The predicted octanol–water partition coefficient (Wildman–Crippen LogP) is 8.79. The highest BCUT2D eigenvalue weighted by Gasteiger charge is 2.30. The van der Waals surface area contributed by atoms with Crippen molar-refractivity contribution in [2.75, 3.05) is 29.7 Å². The number of rotatable bonds is 12. The largest absolute Gasteiger partial charge is 0.508 e. The molecule has 7 rings (SSSR count). The summed E-state index contributed by atoms with van der Waals surface area (Å²) in [5.41, 5.74) is 4.86. The maximum atomic E-state index is 14.6. The SMILES string of the molecule is CC(C)(C)OC(=O)c1nc(N2CCc3cccc(C(=O)N(COCC[Si](C)(C)C)c4nc5ccccc5s4)c3C2)ccc1-c1cnn(Cc2ccccc2O)c1. The van der Waals surface area contributed by atoms with Crippen LogP contribution in [0.3, 0.4) is 0 Å². The molecule has 11 nitrogen and oxygen atoms in total. The van der Waals surface area contributed by atoms with E-state index in [-0.39, 0.29) is 24.1 Å². The summed E-state index contributed by atoms with van der Waals surface area (Å²) < 4.78 is 14.8. The molecule has 1 N–H and O–H groups in total. The van der Waals surface area contributed by atoms with Crippen LogP contribution in [0.15, 0.2) is 91.3 Å². The molecule has 0 atom stereocenters. The fourth-order valence-electron chi connectivity index (χ4n) is 6.58. The van der Waals surface area contributed by atoms with E-state index in [9.17, 15) is 14.7 Å². The van der Waals surface area contributed by atoms with Gasteiger partial charge in [0, 0.05) is 56.2 Å². The summed E-state index contributed by atoms with van der Waals surface area (Å²) in [6.45, 7) is 14.5. The van der Waals surface area contributed by atoms with E-state index >= 15 is 0 Å². The van der Waals surface area contributed by atoms with Gasteiger partial charge in [-0.3, -0.25) is 14.4 Å². The van der Waals surface area contributed by atoms with Gasteiger partial charge in [0.1, 0.15) is 23.9 Å². The van der Waals surface area contributed by atoms with Crippen molar-refractivity contribution in [3.8, 4) is 16.9 Å². The van der Waals surface area contributed by atoms with Gasteiger partial charge in [-0.1, -0.05) is 73.4 Å². The van der Waals surface area contributed by atoms with Gasteiger partial charge in [0.2, 0.25) is 0 Å². The Morgan fingerprint density at radius 1 is 0.964 bits per heavy atom. The van der Waals surface area contributed by atoms with Gasteiger partial charge >= 0.3 is 5.97 Å². The molecule has 0 fully saturated rings. The van der Waals surface area contributed by atoms with Crippen LogP contribution in [0, 0.1) is 0 Å². The summed E-state index contributed by atoms with van der Waals surface area (Å²) in [5, 5.41) is 15.4. The minimum Gasteiger partial charge on any atom is -0.508 e. The number of carbonyl (C=O) groups excluding carboxylic acids is 2. The van der Waals surface area contributed by atoms with Crippen molar-refractivity contribution >= 4 is 52.5 Å². The Bertz CT molecular complexity index is 2350. The van der Waals surface area contributed by atoms with Crippen molar-refractivity contribution < 1.29 is 24.2 Å². The number of fused-ring (bicyclic) bond motifs is 2. The zero-order valence-electron chi connectivity index (χ0n) is 32.8. The van der Waals surface area contributed by atoms with Crippen LogP contribution < -0.4 is 9.80 Å². The first-order valence-corrected chi connectivity index (χ1v) is 23.4. The zero-order valence-corrected chi connectivity index (χ0v) is 34.6. The Morgan fingerprint density at radius 2 is 1.75 bits per heavy atom. The normalized spacial score (nSPS) is 13.1. The monoisotopic (exact) mass is 788 g/mol. The van der Waals surface area contributed by atoms with Gasteiger partial charge in [-0.15, -0.1) is 0 Å². The maximum absolute atomic E-state index is 14.6. The highest BCUT2D eigenvalue weighted by molar-refractivity contribution is 7.22. The van der Waals surface area contributed by atoms with Crippen LogP contribution in [0.25, 0.3) is 21.3 Å². The summed E-state index contributed by atoms with van der Waals surface area (Å²) in [6.07, 6.45) is 4.21. The number of para-hydroxylation sites is 2. The number of pyridine rings is 1. The van der Waals surface area contributed by atoms with Crippen molar-refractivity contribution in [3.05, 3.63) is 119 Å². The zero-order chi connectivity index (χ0) is 39.6. The second-order valence-electron chi connectivity index (χ2n) is 16.3. The lowest BCUT2D eigenvalue weighted by Gasteiger charge is -2.32. The molecule has 0 spiro atoms. The maximum Gasteiger partial charge on any atom is 0.358 e. The number of hydrogen-bond donors (Lipinski definition) is 1. The molecule has 0 radical (unpaired) electrons. The second kappa shape index (κ2) is 16.0. The third kappa shape index (κ3) is 9.01. The number of carbonyl (C=O) groups is 2. The van der Waals surface area contributed by atoms with Crippen LogP contribution in [-0.2, 0) is 29.0 Å². The summed E-state index contributed by atoms with van der Waals surface area (Å²) in [5.74, 6) is 0.0704. The van der Waals surface area contributed by atoms with Crippen LogP contribution >= 0.6 is 11.3 Å². The molecule has 0 saturated carbocycles. The molecule has 0 saturated heterocycles. The van der Waals surface area contributed by atoms with Gasteiger partial charge in [-0.25, -0.2) is 14.8 Å². The molecule has 290 valence electrons. The van der Waals surface area contributed by atoms with E-state index in [1.165, 1.54) is 11.3 Å². The summed E-state index contributed by atoms with van der Waals surface area (Å²) in [7, 11) is -1.34. The van der Waals surface area contributed by atoms with Crippen LogP contribution in [0.2, 0.25) is 25.7 Å². The number of hydrogen-bond acceptors (Lipinski definition) is 10. The van der Waals surface area contributed by atoms with E-state index in [1.807, 2.05) is 87.6 Å². The van der Waals surface area contributed by atoms with Crippen molar-refractivity contribution in [1.29, 1.82) is 0 Å². The first kappa shape index (κ1) is 38.9. The smallest absolute Gasteiger partial charge is 0.358 e. The molecule has 1 aliphatic rings. The van der Waals surface area contributed by atoms with E-state index in [4.69, 9.17) is 19.4 Å². The van der Waals surface area contributed by atoms with E-state index in [1.54, 1.807) is 27.9 Å². The first-order valence-electron chi connectivity index (χ1n) is 18.9. The quantitative estimate of drug-likeness (QED) is 0.0561. The van der Waals surface area contributed by atoms with E-state index in [0.717, 1.165) is 33.0 Å². The fourth-order valence-corrected chi connectivity index (χ4v) is 8.29. The van der Waals surface area contributed by atoms with Crippen LogP contribution in [0.5, 0.6) is 5.75 Å². The Kier molecular flexibility index (Phi) is 11.1. The van der Waals surface area contributed by atoms with E-state index in [2.05, 4.69) is 35.7 Å². The van der Waals surface area contributed by atoms with Gasteiger partial charge in [0.25, 0.3) is 5.91 Å². The Balaban J connectivity index is 1.19. The van der Waals surface area contributed by atoms with Crippen LogP contribution in [0.1, 0.15) is 58.3 Å². The molecule has 3 aromatic heterocycles. The number of amides is 1. The Labute approximate surface area is 332 Å². The lowest BCUT2D eigenvalue weighted by molar-refractivity contribution is 0.00637. The van der Waals surface area contributed by atoms with Crippen LogP contribution in [-0.4, -0.2) is 70.3 Å².